The fourth-order valence-corrected chi connectivity index (χ4v) is 1.83. The van der Waals surface area contributed by atoms with Gasteiger partial charge in [0.1, 0.15) is 5.78 Å². The van der Waals surface area contributed by atoms with E-state index in [1.807, 2.05) is 0 Å². The van der Waals surface area contributed by atoms with Gasteiger partial charge < -0.3 is 10.6 Å². The fraction of sp³-hybridized carbons (Fsp3) is 0.778. The number of likely N-dealkylation sites (tertiary alicyclic amines) is 1. The van der Waals surface area contributed by atoms with Crippen LogP contribution in [-0.4, -0.2) is 29.3 Å². The molecule has 0 bridgehead atoms. The summed E-state index contributed by atoms with van der Waals surface area (Å²) in [6, 6.07) is -0.352. The Labute approximate surface area is 78.1 Å². The number of urea groups is 1. The molecular weight excluding hydrogens is 168 g/mol. The Hall–Kier alpha value is -1.06. The molecular formula is C9H16N2O2. The van der Waals surface area contributed by atoms with Crippen molar-refractivity contribution in [2.75, 3.05) is 6.54 Å². The molecule has 0 aromatic heterocycles. The number of carbonyl (C=O) groups excluding carboxylic acids is 2. The Morgan fingerprint density at radius 1 is 1.46 bits per heavy atom. The van der Waals surface area contributed by atoms with Crippen molar-refractivity contribution in [1.29, 1.82) is 0 Å². The molecule has 1 aliphatic heterocycles. The highest BCUT2D eigenvalue weighted by Gasteiger charge is 2.25. The molecule has 4 nitrogen and oxygen atoms in total. The van der Waals surface area contributed by atoms with Crippen molar-refractivity contribution in [1.82, 2.24) is 4.90 Å². The first-order valence-corrected chi connectivity index (χ1v) is 4.67. The monoisotopic (exact) mass is 184 g/mol. The van der Waals surface area contributed by atoms with Crippen molar-refractivity contribution in [3.8, 4) is 0 Å². The summed E-state index contributed by atoms with van der Waals surface area (Å²) >= 11 is 0. The van der Waals surface area contributed by atoms with Gasteiger partial charge in [-0.2, -0.15) is 0 Å². The molecule has 1 fully saturated rings. The predicted octanol–water partition coefficient (Wildman–Crippen LogP) is 0.899. The zero-order chi connectivity index (χ0) is 9.84. The molecule has 0 saturated carbocycles. The second-order valence-electron chi connectivity index (χ2n) is 3.59. The summed E-state index contributed by atoms with van der Waals surface area (Å²) in [4.78, 5) is 23.5. The summed E-state index contributed by atoms with van der Waals surface area (Å²) in [5, 5.41) is 0. The number of hydrogen-bond donors (Lipinski definition) is 1. The molecule has 0 aromatic rings. The lowest BCUT2D eigenvalue weighted by atomic mass is 9.98. The second kappa shape index (κ2) is 4.25. The van der Waals surface area contributed by atoms with Gasteiger partial charge in [-0.1, -0.05) is 0 Å². The molecule has 1 atom stereocenters. The van der Waals surface area contributed by atoms with Crippen LogP contribution in [-0.2, 0) is 4.79 Å². The highest BCUT2D eigenvalue weighted by atomic mass is 16.2. The lowest BCUT2D eigenvalue weighted by molar-refractivity contribution is -0.118. The Balaban J connectivity index is 2.56. The number of rotatable bonds is 2. The largest absolute Gasteiger partial charge is 0.351 e. The van der Waals surface area contributed by atoms with E-state index >= 15 is 0 Å². The topological polar surface area (TPSA) is 63.4 Å². The van der Waals surface area contributed by atoms with Crippen molar-refractivity contribution in [3.63, 3.8) is 0 Å². The van der Waals surface area contributed by atoms with Crippen molar-refractivity contribution < 1.29 is 9.59 Å². The maximum atomic E-state index is 11.0. The molecule has 1 heterocycles. The van der Waals surface area contributed by atoms with Gasteiger partial charge in [0.25, 0.3) is 0 Å². The number of amides is 2. The summed E-state index contributed by atoms with van der Waals surface area (Å²) in [5.41, 5.74) is 5.21. The van der Waals surface area contributed by atoms with E-state index in [0.29, 0.717) is 13.0 Å². The van der Waals surface area contributed by atoms with Crippen LogP contribution in [0.1, 0.15) is 32.6 Å². The van der Waals surface area contributed by atoms with Crippen LogP contribution in [0.15, 0.2) is 0 Å². The van der Waals surface area contributed by atoms with Gasteiger partial charge in [0, 0.05) is 19.0 Å². The molecule has 0 aliphatic carbocycles. The molecule has 1 saturated heterocycles. The lowest BCUT2D eigenvalue weighted by Crippen LogP contribution is -2.47. The molecule has 0 radical (unpaired) electrons. The minimum absolute atomic E-state index is 0.0451. The van der Waals surface area contributed by atoms with E-state index < -0.39 is 6.03 Å². The molecule has 74 valence electrons. The van der Waals surface area contributed by atoms with Gasteiger partial charge in [-0.3, -0.25) is 4.79 Å². The Bertz CT molecular complexity index is 216. The van der Waals surface area contributed by atoms with Crippen molar-refractivity contribution in [2.24, 2.45) is 5.73 Å². The van der Waals surface area contributed by atoms with Gasteiger partial charge in [-0.15, -0.1) is 0 Å². The van der Waals surface area contributed by atoms with Crippen molar-refractivity contribution in [3.05, 3.63) is 0 Å². The van der Waals surface area contributed by atoms with Crippen LogP contribution in [0.25, 0.3) is 0 Å². The minimum atomic E-state index is -0.397. The molecule has 1 aliphatic rings. The van der Waals surface area contributed by atoms with Crippen LogP contribution in [0.5, 0.6) is 0 Å². The van der Waals surface area contributed by atoms with E-state index in [1.165, 1.54) is 0 Å². The van der Waals surface area contributed by atoms with Crippen LogP contribution >= 0.6 is 0 Å². The highest BCUT2D eigenvalue weighted by Crippen LogP contribution is 2.19. The average molecular weight is 184 g/mol. The summed E-state index contributed by atoms with van der Waals surface area (Å²) < 4.78 is 0. The Morgan fingerprint density at radius 2 is 2.15 bits per heavy atom. The first kappa shape index (κ1) is 10.0. The van der Waals surface area contributed by atoms with E-state index in [9.17, 15) is 9.59 Å². The standard InChI is InChI=1S/C9H16N2O2/c1-7(12)6-8-4-2-3-5-11(8)9(10)13/h8H,2-6H2,1H3,(H2,10,13). The Morgan fingerprint density at radius 3 is 2.69 bits per heavy atom. The predicted molar refractivity (Wildman–Crippen MR) is 49.2 cm³/mol. The van der Waals surface area contributed by atoms with Gasteiger partial charge in [0.2, 0.25) is 0 Å². The first-order valence-electron chi connectivity index (χ1n) is 4.67. The maximum Gasteiger partial charge on any atom is 0.315 e. The number of nitrogens with zero attached hydrogens (tertiary/aromatic N) is 1. The molecule has 4 heteroatoms. The molecule has 13 heavy (non-hydrogen) atoms. The normalized spacial score (nSPS) is 22.8. The molecule has 2 N–H and O–H groups in total. The molecule has 0 spiro atoms. The maximum absolute atomic E-state index is 11.0. The van der Waals surface area contributed by atoms with Crippen LogP contribution in [0.4, 0.5) is 4.79 Å². The van der Waals surface area contributed by atoms with E-state index in [1.54, 1.807) is 11.8 Å². The fourth-order valence-electron chi connectivity index (χ4n) is 1.83. The third kappa shape index (κ3) is 2.72. The number of carbonyl (C=O) groups is 2. The molecule has 1 unspecified atom stereocenters. The summed E-state index contributed by atoms with van der Waals surface area (Å²) in [6.45, 7) is 2.25. The van der Waals surface area contributed by atoms with E-state index in [4.69, 9.17) is 5.73 Å². The summed E-state index contributed by atoms with van der Waals surface area (Å²) in [6.07, 6.45) is 3.44. The van der Waals surface area contributed by atoms with Crippen LogP contribution < -0.4 is 5.73 Å². The quantitative estimate of drug-likeness (QED) is 0.693. The number of hydrogen-bond acceptors (Lipinski definition) is 2. The summed E-state index contributed by atoms with van der Waals surface area (Å²) in [7, 11) is 0. The SMILES string of the molecule is CC(=O)CC1CCCCN1C(N)=O. The van der Waals surface area contributed by atoms with Gasteiger partial charge in [0.15, 0.2) is 0 Å². The third-order valence-corrected chi connectivity index (χ3v) is 2.43. The van der Waals surface area contributed by atoms with Crippen LogP contribution in [0.2, 0.25) is 0 Å². The van der Waals surface area contributed by atoms with Gasteiger partial charge in [-0.25, -0.2) is 4.79 Å². The van der Waals surface area contributed by atoms with E-state index in [0.717, 1.165) is 19.3 Å². The van der Waals surface area contributed by atoms with Gasteiger partial charge >= 0.3 is 6.03 Å². The third-order valence-electron chi connectivity index (χ3n) is 2.43. The average Bonchev–Trinajstić information content (AvgIpc) is 2.03. The summed E-state index contributed by atoms with van der Waals surface area (Å²) in [5.74, 6) is 0.123. The number of nitrogens with two attached hydrogens (primary N) is 1. The number of primary amides is 1. The van der Waals surface area contributed by atoms with Crippen LogP contribution in [0.3, 0.4) is 0 Å². The van der Waals surface area contributed by atoms with Gasteiger partial charge in [-0.05, 0) is 26.2 Å². The van der Waals surface area contributed by atoms with E-state index in [-0.39, 0.29) is 11.8 Å². The number of ketones is 1. The molecule has 0 aromatic carbocycles. The minimum Gasteiger partial charge on any atom is -0.351 e. The van der Waals surface area contributed by atoms with E-state index in [2.05, 4.69) is 0 Å². The van der Waals surface area contributed by atoms with Crippen molar-refractivity contribution in [2.45, 2.75) is 38.6 Å². The first-order chi connectivity index (χ1) is 6.11. The van der Waals surface area contributed by atoms with Crippen molar-refractivity contribution >= 4 is 11.8 Å². The smallest absolute Gasteiger partial charge is 0.315 e. The van der Waals surface area contributed by atoms with Gasteiger partial charge in [0.05, 0.1) is 0 Å². The highest BCUT2D eigenvalue weighted by molar-refractivity contribution is 5.78. The lowest BCUT2D eigenvalue weighted by Gasteiger charge is -2.33. The number of piperidine rings is 1. The zero-order valence-corrected chi connectivity index (χ0v) is 7.95. The van der Waals surface area contributed by atoms with Crippen LogP contribution in [0, 0.1) is 0 Å². The Kier molecular flexibility index (Phi) is 3.28. The second-order valence-corrected chi connectivity index (χ2v) is 3.59. The molecule has 1 rings (SSSR count). The number of Topliss-reactive ketones (excluding diaryl/α,β-unsaturated/α-hetero) is 1. The zero-order valence-electron chi connectivity index (χ0n) is 7.95. The molecule has 2 amide bonds.